The fraction of sp³-hybridized carbons (Fsp3) is 1.00. The summed E-state index contributed by atoms with van der Waals surface area (Å²) in [7, 11) is 3.18. The third-order valence-electron chi connectivity index (χ3n) is 6.20. The first kappa shape index (κ1) is 27.4. The lowest BCUT2D eigenvalue weighted by atomic mass is 9.94. The molecule has 0 bridgehead atoms. The Labute approximate surface area is 176 Å². The molecule has 27 heavy (non-hydrogen) atoms. The second-order valence-electron chi connectivity index (χ2n) is 9.52. The summed E-state index contributed by atoms with van der Waals surface area (Å²) in [6, 6.07) is 0. The van der Waals surface area contributed by atoms with Crippen LogP contribution < -0.4 is 0 Å². The van der Waals surface area contributed by atoms with Crippen molar-refractivity contribution in [2.75, 3.05) is 0 Å². The average Bonchev–Trinajstić information content (AvgIpc) is 2.64. The van der Waals surface area contributed by atoms with E-state index in [4.69, 9.17) is 0 Å². The van der Waals surface area contributed by atoms with E-state index in [1.807, 2.05) is 0 Å². The summed E-state index contributed by atoms with van der Waals surface area (Å²) >= 11 is 0. The molecule has 0 saturated carbocycles. The van der Waals surface area contributed by atoms with Gasteiger partial charge in [-0.3, -0.25) is 0 Å². The Kier molecular flexibility index (Phi) is 21.5. The molecule has 0 aromatic heterocycles. The predicted molar refractivity (Wildman–Crippen MR) is 131 cm³/mol. The van der Waals surface area contributed by atoms with E-state index < -0.39 is 0 Å². The fourth-order valence-electron chi connectivity index (χ4n) is 4.16. The third kappa shape index (κ3) is 22.6. The zero-order valence-corrected chi connectivity index (χ0v) is 20.8. The zero-order valence-electron chi connectivity index (χ0n) is 19.6. The second-order valence-corrected chi connectivity index (χ2v) is 10.9. The molecular weight excluding hydrogens is 343 g/mol. The molecule has 0 saturated heterocycles. The summed E-state index contributed by atoms with van der Waals surface area (Å²) in [4.78, 5) is 0. The Bertz CT molecular complexity index is 245. The summed E-state index contributed by atoms with van der Waals surface area (Å²) in [5, 5.41) is 0.500. The van der Waals surface area contributed by atoms with E-state index in [0.29, 0.717) is 5.16 Å². The molecular formula is C26H55P. The molecule has 1 heteroatoms. The summed E-state index contributed by atoms with van der Waals surface area (Å²) in [6.45, 7) is 7.08. The van der Waals surface area contributed by atoms with Gasteiger partial charge in [-0.1, -0.05) is 149 Å². The van der Waals surface area contributed by atoms with Gasteiger partial charge in [-0.2, -0.15) is 0 Å². The molecule has 0 spiro atoms. The highest BCUT2D eigenvalue weighted by atomic mass is 31.0. The summed E-state index contributed by atoms with van der Waals surface area (Å²) in [5.41, 5.74) is 0. The summed E-state index contributed by atoms with van der Waals surface area (Å²) in [6.07, 6.45) is 31.8. The van der Waals surface area contributed by atoms with Crippen LogP contribution in [0.4, 0.5) is 0 Å². The Morgan fingerprint density at radius 1 is 0.407 bits per heavy atom. The Morgan fingerprint density at radius 3 is 0.889 bits per heavy atom. The Balaban J connectivity index is 3.31. The molecule has 0 aliphatic carbocycles. The van der Waals surface area contributed by atoms with Gasteiger partial charge < -0.3 is 0 Å². The lowest BCUT2D eigenvalue weighted by Crippen LogP contribution is -2.15. The normalized spacial score (nSPS) is 12.0. The van der Waals surface area contributed by atoms with Crippen LogP contribution in [0.15, 0.2) is 0 Å². The van der Waals surface area contributed by atoms with E-state index in [1.54, 1.807) is 0 Å². The smallest absolute Gasteiger partial charge is 0.0178 e. The number of hydrogen-bond acceptors (Lipinski definition) is 0. The van der Waals surface area contributed by atoms with Gasteiger partial charge >= 0.3 is 0 Å². The van der Waals surface area contributed by atoms with Crippen molar-refractivity contribution < 1.29 is 0 Å². The van der Waals surface area contributed by atoms with Crippen LogP contribution >= 0.6 is 9.24 Å². The van der Waals surface area contributed by atoms with Crippen LogP contribution in [0.5, 0.6) is 0 Å². The predicted octanol–water partition coefficient (Wildman–Crippen LogP) is 10.2. The van der Waals surface area contributed by atoms with Crippen LogP contribution in [0.1, 0.15) is 162 Å². The van der Waals surface area contributed by atoms with Gasteiger partial charge in [0.25, 0.3) is 0 Å². The number of rotatable bonds is 22. The van der Waals surface area contributed by atoms with E-state index >= 15 is 0 Å². The highest BCUT2D eigenvalue weighted by Crippen LogP contribution is 2.31. The molecule has 0 fully saturated rings. The average molecular weight is 399 g/mol. The zero-order chi connectivity index (χ0) is 20.1. The fourth-order valence-corrected chi connectivity index (χ4v) is 4.57. The maximum atomic E-state index is 3.18. The topological polar surface area (TPSA) is 0 Å². The molecule has 0 aromatic rings. The third-order valence-corrected chi connectivity index (χ3v) is 6.78. The largest absolute Gasteiger partial charge is 0.131 e. The highest BCUT2D eigenvalue weighted by molar-refractivity contribution is 7.18. The molecule has 0 aromatic carbocycles. The molecule has 0 heterocycles. The van der Waals surface area contributed by atoms with Gasteiger partial charge in [0.2, 0.25) is 0 Å². The molecule has 0 amide bonds. The quantitative estimate of drug-likeness (QED) is 0.126. The van der Waals surface area contributed by atoms with E-state index in [1.165, 1.54) is 141 Å². The first-order valence-electron chi connectivity index (χ1n) is 12.9. The van der Waals surface area contributed by atoms with Gasteiger partial charge in [0.05, 0.1) is 0 Å². The summed E-state index contributed by atoms with van der Waals surface area (Å²) in [5.74, 6) is 0. The first-order valence-corrected chi connectivity index (χ1v) is 13.5. The van der Waals surface area contributed by atoms with Crippen molar-refractivity contribution in [3.63, 3.8) is 0 Å². The Hall–Kier alpha value is 0.430. The monoisotopic (exact) mass is 398 g/mol. The van der Waals surface area contributed by atoms with Gasteiger partial charge in [0.1, 0.15) is 0 Å². The molecule has 0 aliphatic heterocycles. The van der Waals surface area contributed by atoms with Crippen molar-refractivity contribution in [3.05, 3.63) is 0 Å². The van der Waals surface area contributed by atoms with Crippen LogP contribution in [-0.2, 0) is 0 Å². The maximum absolute atomic E-state index is 3.18. The summed E-state index contributed by atoms with van der Waals surface area (Å²) < 4.78 is 0. The van der Waals surface area contributed by atoms with Gasteiger partial charge in [0.15, 0.2) is 0 Å². The van der Waals surface area contributed by atoms with Crippen LogP contribution in [0, 0.1) is 0 Å². The Morgan fingerprint density at radius 2 is 0.630 bits per heavy atom. The maximum Gasteiger partial charge on any atom is -0.0178 e. The van der Waals surface area contributed by atoms with Crippen LogP contribution in [0.2, 0.25) is 0 Å². The molecule has 0 N–H and O–H groups in total. The van der Waals surface area contributed by atoms with Crippen LogP contribution in [0.3, 0.4) is 0 Å². The SMILES string of the molecule is CCCCCCCCCCCCC(C)(P)CCCCCCCCCCCC. The molecule has 0 nitrogen and oxygen atoms in total. The molecule has 0 aliphatic rings. The lowest BCUT2D eigenvalue weighted by Gasteiger charge is -2.24. The van der Waals surface area contributed by atoms with Gasteiger partial charge in [0, 0.05) is 0 Å². The van der Waals surface area contributed by atoms with E-state index in [2.05, 4.69) is 30.0 Å². The van der Waals surface area contributed by atoms with Crippen molar-refractivity contribution in [1.29, 1.82) is 0 Å². The molecule has 0 rings (SSSR count). The standard InChI is InChI=1S/C26H55P/c1-4-6-8-10-12-14-16-18-20-22-24-26(3,27)25-23-21-19-17-15-13-11-9-7-5-2/h4-25,27H2,1-3H3. The van der Waals surface area contributed by atoms with E-state index in [0.717, 1.165) is 0 Å². The van der Waals surface area contributed by atoms with E-state index in [-0.39, 0.29) is 0 Å². The van der Waals surface area contributed by atoms with Crippen molar-refractivity contribution in [2.24, 2.45) is 0 Å². The molecule has 1 atom stereocenters. The van der Waals surface area contributed by atoms with Gasteiger partial charge in [-0.05, 0) is 18.0 Å². The second kappa shape index (κ2) is 21.1. The molecule has 164 valence electrons. The van der Waals surface area contributed by atoms with Gasteiger partial charge in [-0.15, -0.1) is 9.24 Å². The minimum Gasteiger partial charge on any atom is -0.131 e. The van der Waals surface area contributed by atoms with Crippen molar-refractivity contribution in [1.82, 2.24) is 0 Å². The molecule has 1 unspecified atom stereocenters. The number of unbranched alkanes of at least 4 members (excludes halogenated alkanes) is 18. The van der Waals surface area contributed by atoms with Crippen LogP contribution in [0.25, 0.3) is 0 Å². The highest BCUT2D eigenvalue weighted by Gasteiger charge is 2.16. The number of hydrogen-bond donors (Lipinski definition) is 0. The first-order chi connectivity index (χ1) is 13.1. The van der Waals surface area contributed by atoms with Crippen LogP contribution in [-0.4, -0.2) is 5.16 Å². The van der Waals surface area contributed by atoms with Crippen molar-refractivity contribution in [2.45, 2.75) is 167 Å². The van der Waals surface area contributed by atoms with Gasteiger partial charge in [-0.25, -0.2) is 0 Å². The molecule has 0 radical (unpaired) electrons. The van der Waals surface area contributed by atoms with Crippen molar-refractivity contribution >= 4 is 9.24 Å². The lowest BCUT2D eigenvalue weighted by molar-refractivity contribution is 0.462. The van der Waals surface area contributed by atoms with E-state index in [9.17, 15) is 0 Å². The minimum atomic E-state index is 0.500. The minimum absolute atomic E-state index is 0.500. The van der Waals surface area contributed by atoms with Crippen molar-refractivity contribution in [3.8, 4) is 0 Å².